The number of nitrogen functional groups attached to an aromatic ring is 1. The molecule has 3 rings (SSSR count). The van der Waals surface area contributed by atoms with E-state index in [-0.39, 0.29) is 81.1 Å². The molecule has 146 valence electrons. The zero-order valence-corrected chi connectivity index (χ0v) is 21.6. The summed E-state index contributed by atoms with van der Waals surface area (Å²) in [4.78, 5) is 10.6. The second-order valence-corrected chi connectivity index (χ2v) is 8.57. The van der Waals surface area contributed by atoms with E-state index in [1.165, 1.54) is 30.3 Å². The molecule has 0 spiro atoms. The molecule has 0 atom stereocenters. The number of hydrogen-bond donors (Lipinski definition) is 2. The van der Waals surface area contributed by atoms with Crippen LogP contribution in [0.2, 0.25) is 0 Å². The van der Waals surface area contributed by atoms with Crippen LogP contribution in [0.5, 0.6) is 0 Å². The molecule has 0 unspecified atom stereocenters. The van der Waals surface area contributed by atoms with E-state index in [1.807, 2.05) is 0 Å². The van der Waals surface area contributed by atoms with Crippen molar-refractivity contribution in [3.63, 3.8) is 0 Å². The van der Waals surface area contributed by atoms with Crippen molar-refractivity contribution in [1.82, 2.24) is 0 Å². The molecular weight excluding hydrogens is 454 g/mol. The van der Waals surface area contributed by atoms with E-state index in [0.29, 0.717) is 11.8 Å². The molecule has 0 radical (unpaired) electrons. The second-order valence-electron chi connectivity index (χ2n) is 5.85. The van der Waals surface area contributed by atoms with E-state index in [0.717, 1.165) is 6.07 Å². The molecule has 0 aromatic heterocycles. The fraction of sp³-hybridized carbons (Fsp3) is 0. The molecule has 0 heterocycles. The van der Waals surface area contributed by atoms with Gasteiger partial charge in [-0.25, -0.2) is 16.8 Å². The van der Waals surface area contributed by atoms with Gasteiger partial charge in [-0.2, -0.15) is 0 Å². The minimum Gasteiger partial charge on any atom is -0.744 e. The van der Waals surface area contributed by atoms with Crippen molar-refractivity contribution in [1.29, 1.82) is 0 Å². The fourth-order valence-electron chi connectivity index (χ4n) is 2.61. The maximum Gasteiger partial charge on any atom is 1.00 e. The van der Waals surface area contributed by atoms with Gasteiger partial charge in [0.25, 0.3) is 5.91 Å². The number of benzene rings is 3. The van der Waals surface area contributed by atoms with Gasteiger partial charge in [-0.1, -0.05) is 12.1 Å². The molecule has 3 N–H and O–H groups in total. The topological polar surface area (TPSA) is 170 Å². The Balaban J connectivity index is 0.00000225. The summed E-state index contributed by atoms with van der Waals surface area (Å²) in [6.07, 6.45) is 0. The molecule has 0 aliphatic rings. The molecule has 0 bridgehead atoms. The molecular formula is C17H12N2Na2O7S2. The maximum absolute atomic E-state index is 12.3. The molecule has 0 aliphatic carbocycles. The average molecular weight is 466 g/mol. The Morgan fingerprint density at radius 1 is 0.867 bits per heavy atom. The number of rotatable bonds is 4. The first kappa shape index (κ1) is 27.0. The van der Waals surface area contributed by atoms with Crippen molar-refractivity contribution < 1.29 is 89.9 Å². The molecule has 0 aliphatic heterocycles. The predicted octanol–water partition coefficient (Wildman–Crippen LogP) is -4.51. The molecule has 1 amide bonds. The second kappa shape index (κ2) is 10.1. The van der Waals surface area contributed by atoms with Crippen LogP contribution in [-0.2, 0) is 20.2 Å². The molecule has 0 fully saturated rings. The number of nitrogens with one attached hydrogen (secondary N) is 1. The number of carbonyl (C=O) groups is 1. The first-order valence-electron chi connectivity index (χ1n) is 7.62. The van der Waals surface area contributed by atoms with E-state index in [4.69, 9.17) is 5.73 Å². The number of nitrogens with two attached hydrogens (primary N) is 1. The smallest absolute Gasteiger partial charge is 0.744 e. The third-order valence-electron chi connectivity index (χ3n) is 3.85. The van der Waals surface area contributed by atoms with Crippen molar-refractivity contribution in [3.8, 4) is 0 Å². The zero-order valence-electron chi connectivity index (χ0n) is 15.9. The van der Waals surface area contributed by atoms with Crippen LogP contribution in [0.1, 0.15) is 10.4 Å². The van der Waals surface area contributed by atoms with Crippen LogP contribution in [0.15, 0.2) is 64.4 Å². The molecule has 13 heteroatoms. The number of carbonyl (C=O) groups excluding carboxylic acids is 1. The van der Waals surface area contributed by atoms with E-state index >= 15 is 0 Å². The maximum atomic E-state index is 12.3. The summed E-state index contributed by atoms with van der Waals surface area (Å²) >= 11 is 0. The fourth-order valence-corrected chi connectivity index (χ4v) is 3.94. The molecule has 9 nitrogen and oxygen atoms in total. The summed E-state index contributed by atoms with van der Waals surface area (Å²) < 4.78 is 68.4. The predicted molar refractivity (Wildman–Crippen MR) is 98.7 cm³/mol. The summed E-state index contributed by atoms with van der Waals surface area (Å²) in [6, 6.07) is 11.5. The van der Waals surface area contributed by atoms with Gasteiger partial charge in [0.2, 0.25) is 0 Å². The number of anilines is 2. The number of amides is 1. The van der Waals surface area contributed by atoms with Crippen molar-refractivity contribution in [2.45, 2.75) is 9.79 Å². The molecule has 0 saturated heterocycles. The van der Waals surface area contributed by atoms with Gasteiger partial charge < -0.3 is 20.2 Å². The van der Waals surface area contributed by atoms with Gasteiger partial charge in [0.15, 0.2) is 0 Å². The standard InChI is InChI=1S/C17H14N2O7S2.2Na/c18-12-3-1-2-11(6-12)17(20)19-13-5-4-10-7-14(27(21,22)23)9-16(15(10)8-13)28(24,25)26;;/h1-9H,18H2,(H,19,20)(H,21,22,23)(H,24,25,26);;/q;2*+1/p-2. The Labute approximate surface area is 217 Å². The summed E-state index contributed by atoms with van der Waals surface area (Å²) in [7, 11) is -10.1. The summed E-state index contributed by atoms with van der Waals surface area (Å²) in [6.45, 7) is 0. The Morgan fingerprint density at radius 3 is 2.10 bits per heavy atom. The van der Waals surface area contributed by atoms with Crippen molar-refractivity contribution in [3.05, 3.63) is 60.2 Å². The first-order chi connectivity index (χ1) is 12.9. The number of hydrogen-bond acceptors (Lipinski definition) is 8. The monoisotopic (exact) mass is 466 g/mol. The van der Waals surface area contributed by atoms with Crippen LogP contribution in [0.4, 0.5) is 11.4 Å². The van der Waals surface area contributed by atoms with Gasteiger partial charge in [0, 0.05) is 22.3 Å². The Kier molecular flexibility index (Phi) is 9.09. The quantitative estimate of drug-likeness (QED) is 0.220. The molecule has 0 saturated carbocycles. The van der Waals surface area contributed by atoms with Gasteiger partial charge in [0.05, 0.1) is 9.79 Å². The van der Waals surface area contributed by atoms with E-state index in [1.54, 1.807) is 12.1 Å². The first-order valence-corrected chi connectivity index (χ1v) is 10.4. The van der Waals surface area contributed by atoms with Gasteiger partial charge in [-0.15, -0.1) is 0 Å². The van der Waals surface area contributed by atoms with E-state index < -0.39 is 35.9 Å². The molecule has 30 heavy (non-hydrogen) atoms. The minimum absolute atomic E-state index is 0. The Hall–Kier alpha value is -0.990. The third kappa shape index (κ3) is 6.26. The SMILES string of the molecule is Nc1cccc(C(=O)Nc2ccc3cc(S(=O)(=O)[O-])cc(S(=O)(=O)[O-])c3c2)c1.[Na+].[Na+]. The zero-order chi connectivity index (χ0) is 20.7. The van der Waals surface area contributed by atoms with Gasteiger partial charge in [0.1, 0.15) is 20.2 Å². The third-order valence-corrected chi connectivity index (χ3v) is 5.54. The summed E-state index contributed by atoms with van der Waals surface area (Å²) in [5.41, 5.74) is 6.41. The Bertz CT molecular complexity index is 1330. The van der Waals surface area contributed by atoms with Crippen LogP contribution in [0, 0.1) is 0 Å². The van der Waals surface area contributed by atoms with Crippen molar-refractivity contribution >= 4 is 48.3 Å². The van der Waals surface area contributed by atoms with Gasteiger partial charge in [-0.3, -0.25) is 4.79 Å². The normalized spacial score (nSPS) is 11.3. The number of fused-ring (bicyclic) bond motifs is 1. The largest absolute Gasteiger partial charge is 1.00 e. The van der Waals surface area contributed by atoms with Crippen LogP contribution in [0.3, 0.4) is 0 Å². The van der Waals surface area contributed by atoms with Crippen molar-refractivity contribution in [2.24, 2.45) is 0 Å². The van der Waals surface area contributed by atoms with Crippen LogP contribution >= 0.6 is 0 Å². The van der Waals surface area contributed by atoms with Crippen LogP contribution < -0.4 is 70.2 Å². The summed E-state index contributed by atoms with van der Waals surface area (Å²) in [5.74, 6) is -0.531. The van der Waals surface area contributed by atoms with Crippen LogP contribution in [-0.4, -0.2) is 31.8 Å². The van der Waals surface area contributed by atoms with Crippen molar-refractivity contribution in [2.75, 3.05) is 11.1 Å². The Morgan fingerprint density at radius 2 is 1.53 bits per heavy atom. The average Bonchev–Trinajstić information content (AvgIpc) is 2.59. The van der Waals surface area contributed by atoms with E-state index in [9.17, 15) is 30.7 Å². The van der Waals surface area contributed by atoms with E-state index in [2.05, 4.69) is 5.32 Å². The molecule has 3 aromatic rings. The van der Waals surface area contributed by atoms with Gasteiger partial charge in [-0.05, 0) is 47.9 Å². The molecule has 3 aromatic carbocycles. The van der Waals surface area contributed by atoms with Gasteiger partial charge >= 0.3 is 59.1 Å². The minimum atomic E-state index is -5.10. The summed E-state index contributed by atoms with van der Waals surface area (Å²) in [5, 5.41) is 2.43. The van der Waals surface area contributed by atoms with Crippen LogP contribution in [0.25, 0.3) is 10.8 Å².